The zero-order chi connectivity index (χ0) is 19.8. The predicted octanol–water partition coefficient (Wildman–Crippen LogP) is 0.409. The van der Waals surface area contributed by atoms with Gasteiger partial charge in [-0.25, -0.2) is 9.78 Å². The first-order valence-electron chi connectivity index (χ1n) is 8.28. The molecule has 1 aromatic carbocycles. The number of aryl methyl sites for hydroxylation is 1. The molecule has 142 valence electrons. The topological polar surface area (TPSA) is 128 Å². The minimum absolute atomic E-state index is 0.0383. The van der Waals surface area contributed by atoms with Crippen LogP contribution in [0.2, 0.25) is 0 Å². The average molecular weight is 397 g/mol. The van der Waals surface area contributed by atoms with E-state index in [0.29, 0.717) is 10.7 Å². The molecule has 0 aliphatic heterocycles. The third-order valence-electron chi connectivity index (χ3n) is 4.30. The Labute approximate surface area is 161 Å². The lowest BCUT2D eigenvalue weighted by Gasteiger charge is -2.02. The smallest absolute Gasteiger partial charge is 0.332 e. The summed E-state index contributed by atoms with van der Waals surface area (Å²) in [4.78, 5) is 44.6. The first-order chi connectivity index (χ1) is 13.5. The van der Waals surface area contributed by atoms with Gasteiger partial charge in [-0.2, -0.15) is 0 Å². The van der Waals surface area contributed by atoms with Gasteiger partial charge in [0.05, 0.1) is 11.4 Å². The number of fused-ring (bicyclic) bond motifs is 1. The van der Waals surface area contributed by atoms with Crippen LogP contribution in [0.25, 0.3) is 21.6 Å². The lowest BCUT2D eigenvalue weighted by molar-refractivity contribution is 0.0945. The average Bonchev–Trinajstić information content (AvgIpc) is 3.37. The van der Waals surface area contributed by atoms with Crippen LogP contribution in [0.15, 0.2) is 39.9 Å². The van der Waals surface area contributed by atoms with Crippen molar-refractivity contribution in [3.05, 3.63) is 62.7 Å². The maximum absolute atomic E-state index is 12.6. The Kier molecular flexibility index (Phi) is 4.35. The van der Waals surface area contributed by atoms with Crippen LogP contribution >= 0.6 is 11.5 Å². The number of aromatic nitrogens is 6. The van der Waals surface area contributed by atoms with Crippen LogP contribution in [-0.4, -0.2) is 34.6 Å². The number of imidazole rings is 1. The summed E-state index contributed by atoms with van der Waals surface area (Å²) in [7, 11) is 2.92. The van der Waals surface area contributed by atoms with E-state index in [4.69, 9.17) is 0 Å². The highest BCUT2D eigenvalue weighted by molar-refractivity contribution is 7.09. The van der Waals surface area contributed by atoms with Gasteiger partial charge in [0, 0.05) is 14.1 Å². The van der Waals surface area contributed by atoms with Crippen LogP contribution in [-0.2, 0) is 20.6 Å². The van der Waals surface area contributed by atoms with Gasteiger partial charge in [-0.3, -0.25) is 18.7 Å². The molecule has 0 radical (unpaired) electrons. The molecule has 1 amide bonds. The molecule has 3 aromatic heterocycles. The SMILES string of the molecule is Cn1c(=O)c2[nH]c(CNC(=O)c3nnsc3-c3ccccc3)nc2n(C)c1=O. The maximum atomic E-state index is 12.6. The predicted molar refractivity (Wildman–Crippen MR) is 103 cm³/mol. The van der Waals surface area contributed by atoms with E-state index in [1.807, 2.05) is 30.3 Å². The van der Waals surface area contributed by atoms with Crippen molar-refractivity contribution in [3.63, 3.8) is 0 Å². The standard InChI is InChI=1S/C17H15N7O3S/c1-23-14-12(16(26)24(2)17(23)27)19-10(20-14)8-18-15(25)11-13(28-22-21-11)9-6-4-3-5-7-9/h3-7H,8H2,1-2H3,(H,18,25)(H,19,20). The van der Waals surface area contributed by atoms with Crippen molar-refractivity contribution < 1.29 is 4.79 Å². The van der Waals surface area contributed by atoms with Crippen molar-refractivity contribution >= 4 is 28.6 Å². The molecule has 0 spiro atoms. The molecule has 10 nitrogen and oxygen atoms in total. The molecule has 4 rings (SSSR count). The molecule has 4 aromatic rings. The largest absolute Gasteiger partial charge is 0.343 e. The van der Waals surface area contributed by atoms with Crippen LogP contribution in [0.5, 0.6) is 0 Å². The summed E-state index contributed by atoms with van der Waals surface area (Å²) < 4.78 is 6.15. The summed E-state index contributed by atoms with van der Waals surface area (Å²) in [6.45, 7) is 0.0383. The zero-order valence-electron chi connectivity index (χ0n) is 15.0. The van der Waals surface area contributed by atoms with E-state index in [1.54, 1.807) is 0 Å². The van der Waals surface area contributed by atoms with Crippen LogP contribution in [0, 0.1) is 0 Å². The summed E-state index contributed by atoms with van der Waals surface area (Å²) in [6, 6.07) is 9.38. The van der Waals surface area contributed by atoms with E-state index in [1.165, 1.54) is 18.7 Å². The number of rotatable bonds is 4. The molecule has 3 heterocycles. The summed E-state index contributed by atoms with van der Waals surface area (Å²) in [5, 5.41) is 6.64. The number of amides is 1. The van der Waals surface area contributed by atoms with E-state index in [2.05, 4.69) is 24.9 Å². The van der Waals surface area contributed by atoms with Crippen LogP contribution < -0.4 is 16.6 Å². The molecule has 0 unspecified atom stereocenters. The number of nitrogens with one attached hydrogen (secondary N) is 2. The van der Waals surface area contributed by atoms with E-state index < -0.39 is 17.2 Å². The summed E-state index contributed by atoms with van der Waals surface area (Å²) in [5.41, 5.74) is 0.561. The van der Waals surface area contributed by atoms with Gasteiger partial charge in [0.15, 0.2) is 11.3 Å². The number of hydrogen-bond donors (Lipinski definition) is 2. The van der Waals surface area contributed by atoms with Gasteiger partial charge in [-0.15, -0.1) is 5.10 Å². The molecule has 0 atom stereocenters. The Balaban J connectivity index is 1.59. The van der Waals surface area contributed by atoms with Crippen LogP contribution in [0.3, 0.4) is 0 Å². The van der Waals surface area contributed by atoms with Crippen LogP contribution in [0.1, 0.15) is 16.3 Å². The fourth-order valence-electron chi connectivity index (χ4n) is 2.82. The number of benzene rings is 1. The minimum Gasteiger partial charge on any atom is -0.343 e. The van der Waals surface area contributed by atoms with Gasteiger partial charge >= 0.3 is 5.69 Å². The number of aromatic amines is 1. The molecule has 28 heavy (non-hydrogen) atoms. The maximum Gasteiger partial charge on any atom is 0.332 e. The summed E-state index contributed by atoms with van der Waals surface area (Å²) in [6.07, 6.45) is 0. The lowest BCUT2D eigenvalue weighted by atomic mass is 10.1. The minimum atomic E-state index is -0.474. The third-order valence-corrected chi connectivity index (χ3v) is 5.07. The van der Waals surface area contributed by atoms with Crippen molar-refractivity contribution in [2.75, 3.05) is 0 Å². The van der Waals surface area contributed by atoms with Gasteiger partial charge in [-0.1, -0.05) is 34.8 Å². The second kappa shape index (κ2) is 6.85. The fourth-order valence-corrected chi connectivity index (χ4v) is 3.49. The number of H-pyrrole nitrogens is 1. The summed E-state index contributed by atoms with van der Waals surface area (Å²) >= 11 is 1.14. The molecule has 0 aliphatic carbocycles. The molecule has 0 saturated carbocycles. The van der Waals surface area contributed by atoms with Gasteiger partial charge in [0.1, 0.15) is 11.3 Å². The Morgan fingerprint density at radius 2 is 1.93 bits per heavy atom. The molecule has 2 N–H and O–H groups in total. The lowest BCUT2D eigenvalue weighted by Crippen LogP contribution is -2.36. The number of carbonyl (C=O) groups excluding carboxylic acids is 1. The molecule has 0 saturated heterocycles. The van der Waals surface area contributed by atoms with Gasteiger partial charge < -0.3 is 10.3 Å². The molecule has 0 bridgehead atoms. The number of nitrogens with zero attached hydrogens (tertiary/aromatic N) is 5. The highest BCUT2D eigenvalue weighted by Crippen LogP contribution is 2.25. The van der Waals surface area contributed by atoms with E-state index in [0.717, 1.165) is 21.7 Å². The first-order valence-corrected chi connectivity index (χ1v) is 9.05. The normalized spacial score (nSPS) is 11.1. The number of hydrogen-bond acceptors (Lipinski definition) is 7. The zero-order valence-corrected chi connectivity index (χ0v) is 15.8. The molecular formula is C17H15N7O3S. The Bertz CT molecular complexity index is 1300. The van der Waals surface area contributed by atoms with Crippen molar-refractivity contribution in [2.24, 2.45) is 14.1 Å². The van der Waals surface area contributed by atoms with Crippen molar-refractivity contribution in [3.8, 4) is 10.4 Å². The van der Waals surface area contributed by atoms with Crippen molar-refractivity contribution in [1.29, 1.82) is 0 Å². The monoisotopic (exact) mass is 397 g/mol. The molecule has 0 aliphatic rings. The van der Waals surface area contributed by atoms with Gasteiger partial charge in [0.2, 0.25) is 0 Å². The fraction of sp³-hybridized carbons (Fsp3) is 0.176. The van der Waals surface area contributed by atoms with Gasteiger partial charge in [-0.05, 0) is 17.1 Å². The highest BCUT2D eigenvalue weighted by atomic mass is 32.1. The van der Waals surface area contributed by atoms with Crippen molar-refractivity contribution in [1.82, 2.24) is 34.0 Å². The Hall–Kier alpha value is -3.60. The summed E-state index contributed by atoms with van der Waals surface area (Å²) in [5.74, 6) is -0.0547. The van der Waals surface area contributed by atoms with Crippen LogP contribution in [0.4, 0.5) is 0 Å². The number of carbonyl (C=O) groups is 1. The quantitative estimate of drug-likeness (QED) is 0.513. The van der Waals surface area contributed by atoms with Crippen molar-refractivity contribution in [2.45, 2.75) is 6.54 Å². The van der Waals surface area contributed by atoms with Gasteiger partial charge in [0.25, 0.3) is 11.5 Å². The molecule has 11 heteroatoms. The second-order valence-electron chi connectivity index (χ2n) is 6.09. The second-order valence-corrected chi connectivity index (χ2v) is 6.84. The third kappa shape index (κ3) is 2.91. The Morgan fingerprint density at radius 3 is 2.68 bits per heavy atom. The highest BCUT2D eigenvalue weighted by Gasteiger charge is 2.19. The van der Waals surface area contributed by atoms with E-state index in [9.17, 15) is 14.4 Å². The van der Waals surface area contributed by atoms with E-state index in [-0.39, 0.29) is 23.4 Å². The molecular weight excluding hydrogens is 382 g/mol. The van der Waals surface area contributed by atoms with E-state index >= 15 is 0 Å². The molecule has 0 fully saturated rings. The first kappa shape index (κ1) is 17.8. The Morgan fingerprint density at radius 1 is 1.18 bits per heavy atom.